The van der Waals surface area contributed by atoms with E-state index in [0.717, 1.165) is 25.2 Å². The van der Waals surface area contributed by atoms with Crippen LogP contribution in [0.1, 0.15) is 21.6 Å². The van der Waals surface area contributed by atoms with Crippen molar-refractivity contribution in [3.63, 3.8) is 0 Å². The summed E-state index contributed by atoms with van der Waals surface area (Å²) in [6.07, 6.45) is 3.92. The zero-order valence-electron chi connectivity index (χ0n) is 15.6. The molecule has 7 heteroatoms. The van der Waals surface area contributed by atoms with Crippen molar-refractivity contribution in [3.05, 3.63) is 59.5 Å². The van der Waals surface area contributed by atoms with Gasteiger partial charge >= 0.3 is 0 Å². The molecule has 27 heavy (non-hydrogen) atoms. The number of nitrogens with zero attached hydrogens (tertiary/aromatic N) is 5. The molecule has 1 fully saturated rings. The van der Waals surface area contributed by atoms with E-state index in [1.54, 1.807) is 6.07 Å². The molecule has 1 aliphatic heterocycles. The molecule has 7 nitrogen and oxygen atoms in total. The Kier molecular flexibility index (Phi) is 4.77. The normalized spacial score (nSPS) is 15.3. The van der Waals surface area contributed by atoms with Gasteiger partial charge in [-0.1, -0.05) is 35.0 Å². The van der Waals surface area contributed by atoms with Crippen LogP contribution < -0.4 is 0 Å². The van der Waals surface area contributed by atoms with Crippen molar-refractivity contribution < 1.29 is 9.32 Å². The molecule has 0 spiro atoms. The van der Waals surface area contributed by atoms with E-state index in [1.165, 1.54) is 11.1 Å². The first-order chi connectivity index (χ1) is 13.1. The van der Waals surface area contributed by atoms with Crippen LogP contribution in [0.3, 0.4) is 0 Å². The highest BCUT2D eigenvalue weighted by Gasteiger charge is 2.25. The summed E-state index contributed by atoms with van der Waals surface area (Å²) in [4.78, 5) is 16.9. The van der Waals surface area contributed by atoms with Crippen LogP contribution in [0.4, 0.5) is 0 Å². The predicted octanol–water partition coefficient (Wildman–Crippen LogP) is 2.34. The SMILES string of the molecule is Cc1ccc(-c2cc(C(=O)N3CCN(Cc4cnn(C)c4)CC3)no2)cc1. The van der Waals surface area contributed by atoms with Crippen LogP contribution in [-0.2, 0) is 13.6 Å². The lowest BCUT2D eigenvalue weighted by atomic mass is 10.1. The second-order valence-electron chi connectivity index (χ2n) is 7.03. The largest absolute Gasteiger partial charge is 0.355 e. The first kappa shape index (κ1) is 17.5. The zero-order chi connectivity index (χ0) is 18.8. The van der Waals surface area contributed by atoms with E-state index in [2.05, 4.69) is 15.2 Å². The third-order valence-electron chi connectivity index (χ3n) is 4.89. The maximum atomic E-state index is 12.7. The lowest BCUT2D eigenvalue weighted by molar-refractivity contribution is 0.0618. The highest BCUT2D eigenvalue weighted by molar-refractivity contribution is 5.93. The Hall–Kier alpha value is -2.93. The quantitative estimate of drug-likeness (QED) is 0.710. The fraction of sp³-hybridized carbons (Fsp3) is 0.350. The molecule has 3 heterocycles. The third kappa shape index (κ3) is 3.93. The van der Waals surface area contributed by atoms with Gasteiger partial charge in [0.05, 0.1) is 6.20 Å². The van der Waals surface area contributed by atoms with Crippen molar-refractivity contribution in [1.82, 2.24) is 24.7 Å². The van der Waals surface area contributed by atoms with Gasteiger partial charge in [-0.25, -0.2) is 0 Å². The molecule has 140 valence electrons. The Morgan fingerprint density at radius 3 is 2.56 bits per heavy atom. The van der Waals surface area contributed by atoms with Crippen LogP contribution >= 0.6 is 0 Å². The summed E-state index contributed by atoms with van der Waals surface area (Å²) < 4.78 is 7.20. The van der Waals surface area contributed by atoms with E-state index in [-0.39, 0.29) is 5.91 Å². The summed E-state index contributed by atoms with van der Waals surface area (Å²) in [5.74, 6) is 0.548. The van der Waals surface area contributed by atoms with Crippen molar-refractivity contribution in [2.24, 2.45) is 7.05 Å². The minimum absolute atomic E-state index is 0.0712. The number of carbonyl (C=O) groups is 1. The number of hydrogen-bond donors (Lipinski definition) is 0. The first-order valence-electron chi connectivity index (χ1n) is 9.11. The summed E-state index contributed by atoms with van der Waals surface area (Å²) in [5.41, 5.74) is 3.66. The molecule has 1 saturated heterocycles. The Morgan fingerprint density at radius 1 is 1.15 bits per heavy atom. The third-order valence-corrected chi connectivity index (χ3v) is 4.89. The standard InChI is InChI=1S/C20H23N5O2/c1-15-3-5-17(6-4-15)19-11-18(22-27-19)20(26)25-9-7-24(8-10-25)14-16-12-21-23(2)13-16/h3-6,11-13H,7-10,14H2,1-2H3. The summed E-state index contributed by atoms with van der Waals surface area (Å²) in [7, 11) is 1.92. The van der Waals surface area contributed by atoms with E-state index in [4.69, 9.17) is 4.52 Å². The van der Waals surface area contributed by atoms with E-state index in [1.807, 2.05) is 60.2 Å². The maximum Gasteiger partial charge on any atom is 0.276 e. The first-order valence-corrected chi connectivity index (χ1v) is 9.11. The average molecular weight is 365 g/mol. The molecule has 2 aromatic heterocycles. The van der Waals surface area contributed by atoms with Crippen molar-refractivity contribution >= 4 is 5.91 Å². The van der Waals surface area contributed by atoms with Gasteiger partial charge in [0.2, 0.25) is 0 Å². The Balaban J connectivity index is 1.36. The van der Waals surface area contributed by atoms with Crippen LogP contribution in [-0.4, -0.2) is 56.8 Å². The van der Waals surface area contributed by atoms with E-state index < -0.39 is 0 Å². The topological polar surface area (TPSA) is 67.4 Å². The molecule has 1 aliphatic rings. The summed E-state index contributed by atoms with van der Waals surface area (Å²) in [5, 5.41) is 8.19. The monoisotopic (exact) mass is 365 g/mol. The average Bonchev–Trinajstić information content (AvgIpc) is 3.32. The molecule has 1 amide bonds. The fourth-order valence-corrected chi connectivity index (χ4v) is 3.31. The van der Waals surface area contributed by atoms with Crippen molar-refractivity contribution in [3.8, 4) is 11.3 Å². The number of hydrogen-bond acceptors (Lipinski definition) is 5. The maximum absolute atomic E-state index is 12.7. The Bertz CT molecular complexity index is 920. The zero-order valence-corrected chi connectivity index (χ0v) is 15.6. The molecule has 0 radical (unpaired) electrons. The van der Waals surface area contributed by atoms with Gasteiger partial charge < -0.3 is 9.42 Å². The molecule has 1 aromatic carbocycles. The lowest BCUT2D eigenvalue weighted by Gasteiger charge is -2.34. The Morgan fingerprint density at radius 2 is 1.89 bits per heavy atom. The van der Waals surface area contributed by atoms with Gasteiger partial charge in [-0.2, -0.15) is 5.10 Å². The highest BCUT2D eigenvalue weighted by atomic mass is 16.5. The summed E-state index contributed by atoms with van der Waals surface area (Å²) in [6.45, 7) is 5.94. The molecule has 0 unspecified atom stereocenters. The molecular formula is C20H23N5O2. The van der Waals surface area contributed by atoms with E-state index in [0.29, 0.717) is 24.5 Å². The van der Waals surface area contributed by atoms with Crippen LogP contribution in [0.2, 0.25) is 0 Å². The molecular weight excluding hydrogens is 342 g/mol. The highest BCUT2D eigenvalue weighted by Crippen LogP contribution is 2.21. The smallest absolute Gasteiger partial charge is 0.276 e. The molecule has 0 N–H and O–H groups in total. The number of aromatic nitrogens is 3. The number of amides is 1. The van der Waals surface area contributed by atoms with Gasteiger partial charge in [-0.3, -0.25) is 14.4 Å². The van der Waals surface area contributed by atoms with Crippen LogP contribution in [0, 0.1) is 6.92 Å². The van der Waals surface area contributed by atoms with Crippen molar-refractivity contribution in [1.29, 1.82) is 0 Å². The van der Waals surface area contributed by atoms with Crippen molar-refractivity contribution in [2.45, 2.75) is 13.5 Å². The van der Waals surface area contributed by atoms with Crippen LogP contribution in [0.25, 0.3) is 11.3 Å². The molecule has 4 rings (SSSR count). The lowest BCUT2D eigenvalue weighted by Crippen LogP contribution is -2.48. The number of aryl methyl sites for hydroxylation is 2. The van der Waals surface area contributed by atoms with Crippen LogP contribution in [0.15, 0.2) is 47.2 Å². The Labute approximate surface area is 158 Å². The molecule has 0 saturated carbocycles. The predicted molar refractivity (Wildman–Crippen MR) is 101 cm³/mol. The van der Waals surface area contributed by atoms with Gasteiger partial charge in [-0.05, 0) is 6.92 Å². The molecule has 0 aliphatic carbocycles. The number of rotatable bonds is 4. The minimum Gasteiger partial charge on any atom is -0.355 e. The van der Waals surface area contributed by atoms with Gasteiger partial charge in [0.15, 0.2) is 11.5 Å². The number of carbonyl (C=O) groups excluding carboxylic acids is 1. The molecule has 0 bridgehead atoms. The van der Waals surface area contributed by atoms with Crippen molar-refractivity contribution in [2.75, 3.05) is 26.2 Å². The van der Waals surface area contributed by atoms with E-state index >= 15 is 0 Å². The molecule has 3 aromatic rings. The minimum atomic E-state index is -0.0712. The number of piperazine rings is 1. The van der Waals surface area contributed by atoms with Gasteiger partial charge in [-0.15, -0.1) is 0 Å². The van der Waals surface area contributed by atoms with Gasteiger partial charge in [0.25, 0.3) is 5.91 Å². The van der Waals surface area contributed by atoms with E-state index in [9.17, 15) is 4.79 Å². The van der Waals surface area contributed by atoms with Crippen LogP contribution in [0.5, 0.6) is 0 Å². The summed E-state index contributed by atoms with van der Waals surface area (Å²) in [6, 6.07) is 9.71. The second kappa shape index (κ2) is 7.36. The van der Waals surface area contributed by atoms with Gasteiger partial charge in [0, 0.05) is 63.2 Å². The fourth-order valence-electron chi connectivity index (χ4n) is 3.31. The number of benzene rings is 1. The summed E-state index contributed by atoms with van der Waals surface area (Å²) >= 11 is 0. The van der Waals surface area contributed by atoms with Gasteiger partial charge in [0.1, 0.15) is 0 Å². The second-order valence-corrected chi connectivity index (χ2v) is 7.03. The molecule has 0 atom stereocenters.